The molecule has 0 spiro atoms. The van der Waals surface area contributed by atoms with Crippen LogP contribution in [-0.2, 0) is 10.0 Å². The molecule has 1 aliphatic heterocycles. The van der Waals surface area contributed by atoms with Gasteiger partial charge in [0.15, 0.2) is 0 Å². The van der Waals surface area contributed by atoms with E-state index in [2.05, 4.69) is 21.2 Å². The molecular formula is C18H17BrN2O5S. The highest BCUT2D eigenvalue weighted by Gasteiger charge is 2.27. The van der Waals surface area contributed by atoms with Crippen molar-refractivity contribution >= 4 is 43.5 Å². The van der Waals surface area contributed by atoms with Crippen molar-refractivity contribution in [3.8, 4) is 0 Å². The van der Waals surface area contributed by atoms with Gasteiger partial charge in [-0.25, -0.2) is 13.2 Å². The van der Waals surface area contributed by atoms with E-state index in [9.17, 15) is 23.1 Å². The Morgan fingerprint density at radius 1 is 1.07 bits per heavy atom. The van der Waals surface area contributed by atoms with E-state index in [4.69, 9.17) is 0 Å². The van der Waals surface area contributed by atoms with E-state index in [1.54, 1.807) is 6.07 Å². The molecular weight excluding hydrogens is 436 g/mol. The lowest BCUT2D eigenvalue weighted by atomic mass is 10.1. The number of hydrogen-bond acceptors (Lipinski definition) is 4. The van der Waals surface area contributed by atoms with E-state index < -0.39 is 21.9 Å². The van der Waals surface area contributed by atoms with Gasteiger partial charge in [0, 0.05) is 23.1 Å². The number of nitrogens with one attached hydrogen (secondary N) is 1. The van der Waals surface area contributed by atoms with Crippen molar-refractivity contribution in [1.82, 2.24) is 4.31 Å². The highest BCUT2D eigenvalue weighted by molar-refractivity contribution is 9.10. The summed E-state index contributed by atoms with van der Waals surface area (Å²) in [6.07, 6.45) is 1.64. The van der Waals surface area contributed by atoms with Crippen LogP contribution >= 0.6 is 15.9 Å². The molecule has 0 aliphatic carbocycles. The molecule has 2 N–H and O–H groups in total. The number of carbonyl (C=O) groups excluding carboxylic acids is 1. The fourth-order valence-corrected chi connectivity index (χ4v) is 4.80. The van der Waals surface area contributed by atoms with Crippen LogP contribution in [0.1, 0.15) is 33.6 Å². The molecule has 0 radical (unpaired) electrons. The van der Waals surface area contributed by atoms with Crippen molar-refractivity contribution in [2.75, 3.05) is 18.4 Å². The zero-order valence-electron chi connectivity index (χ0n) is 14.2. The molecule has 2 aromatic carbocycles. The zero-order chi connectivity index (χ0) is 19.6. The quantitative estimate of drug-likeness (QED) is 0.724. The molecule has 142 valence electrons. The first-order chi connectivity index (χ1) is 12.8. The standard InChI is InChI=1S/C18H17BrN2O5S/c19-13-6-7-16(15(11-13)18(23)24)20-17(22)12-4-3-5-14(10-12)27(25,26)21-8-1-2-9-21/h3-7,10-11H,1-2,8-9H2,(H,20,22)(H,23,24). The topological polar surface area (TPSA) is 104 Å². The summed E-state index contributed by atoms with van der Waals surface area (Å²) in [6.45, 7) is 0.944. The fourth-order valence-electron chi connectivity index (χ4n) is 2.87. The van der Waals surface area contributed by atoms with Crippen molar-refractivity contribution < 1.29 is 23.1 Å². The number of carboxylic acid groups (broad SMARTS) is 1. The molecule has 1 saturated heterocycles. The van der Waals surface area contributed by atoms with Crippen LogP contribution < -0.4 is 5.32 Å². The normalized spacial score (nSPS) is 14.9. The molecule has 0 unspecified atom stereocenters. The number of carboxylic acids is 1. The van der Waals surface area contributed by atoms with Crippen LogP contribution in [0.4, 0.5) is 5.69 Å². The SMILES string of the molecule is O=C(Nc1ccc(Br)cc1C(=O)O)c1cccc(S(=O)(=O)N2CCCC2)c1. The first-order valence-corrected chi connectivity index (χ1v) is 10.5. The maximum Gasteiger partial charge on any atom is 0.337 e. The summed E-state index contributed by atoms with van der Waals surface area (Å²) in [6, 6.07) is 10.2. The number of sulfonamides is 1. The Bertz CT molecular complexity index is 1000. The van der Waals surface area contributed by atoms with Gasteiger partial charge in [-0.15, -0.1) is 0 Å². The minimum Gasteiger partial charge on any atom is -0.478 e. The molecule has 0 bridgehead atoms. The third-order valence-corrected chi connectivity index (χ3v) is 6.65. The van der Waals surface area contributed by atoms with Gasteiger partial charge in [0.1, 0.15) is 0 Å². The van der Waals surface area contributed by atoms with E-state index in [0.29, 0.717) is 17.6 Å². The van der Waals surface area contributed by atoms with Gasteiger partial charge in [0.25, 0.3) is 5.91 Å². The summed E-state index contributed by atoms with van der Waals surface area (Å²) >= 11 is 3.19. The van der Waals surface area contributed by atoms with Gasteiger partial charge in [-0.05, 0) is 49.2 Å². The first-order valence-electron chi connectivity index (χ1n) is 8.23. The van der Waals surface area contributed by atoms with Gasteiger partial charge < -0.3 is 10.4 Å². The van der Waals surface area contributed by atoms with E-state index in [1.807, 2.05) is 0 Å². The molecule has 0 aromatic heterocycles. The molecule has 0 atom stereocenters. The average Bonchev–Trinajstić information content (AvgIpc) is 3.18. The zero-order valence-corrected chi connectivity index (χ0v) is 16.6. The maximum absolute atomic E-state index is 12.7. The summed E-state index contributed by atoms with van der Waals surface area (Å²) in [5, 5.41) is 11.8. The molecule has 0 saturated carbocycles. The van der Waals surface area contributed by atoms with Gasteiger partial charge in [0.2, 0.25) is 10.0 Å². The number of aromatic carboxylic acids is 1. The summed E-state index contributed by atoms with van der Waals surface area (Å²) in [7, 11) is -3.64. The fraction of sp³-hybridized carbons (Fsp3) is 0.222. The molecule has 27 heavy (non-hydrogen) atoms. The van der Waals surface area contributed by atoms with E-state index in [-0.39, 0.29) is 21.7 Å². The minimum atomic E-state index is -3.64. The Morgan fingerprint density at radius 3 is 2.44 bits per heavy atom. The molecule has 1 amide bonds. The van der Waals surface area contributed by atoms with Crippen LogP contribution in [0.2, 0.25) is 0 Å². The van der Waals surface area contributed by atoms with Gasteiger partial charge in [-0.3, -0.25) is 4.79 Å². The average molecular weight is 453 g/mol. The molecule has 3 rings (SSSR count). The van der Waals surface area contributed by atoms with Gasteiger partial charge in [-0.1, -0.05) is 22.0 Å². The monoisotopic (exact) mass is 452 g/mol. The number of anilines is 1. The number of carbonyl (C=O) groups is 2. The van der Waals surface area contributed by atoms with E-state index in [0.717, 1.165) is 12.8 Å². The predicted octanol–water partition coefficient (Wildman–Crippen LogP) is 3.18. The summed E-state index contributed by atoms with van der Waals surface area (Å²) in [5.41, 5.74) is 0.191. The van der Waals surface area contributed by atoms with Crippen LogP contribution in [0.15, 0.2) is 51.8 Å². The van der Waals surface area contributed by atoms with Crippen molar-refractivity contribution in [2.45, 2.75) is 17.7 Å². The third kappa shape index (κ3) is 4.20. The molecule has 7 nitrogen and oxygen atoms in total. The largest absolute Gasteiger partial charge is 0.478 e. The Hall–Kier alpha value is -2.23. The lowest BCUT2D eigenvalue weighted by Crippen LogP contribution is -2.28. The van der Waals surface area contributed by atoms with Crippen LogP contribution in [0.5, 0.6) is 0 Å². The Labute approximate surface area is 165 Å². The molecule has 1 heterocycles. The van der Waals surface area contributed by atoms with Crippen molar-refractivity contribution in [2.24, 2.45) is 0 Å². The third-order valence-electron chi connectivity index (χ3n) is 4.26. The highest BCUT2D eigenvalue weighted by atomic mass is 79.9. The van der Waals surface area contributed by atoms with Gasteiger partial charge in [0.05, 0.1) is 16.1 Å². The molecule has 2 aromatic rings. The summed E-state index contributed by atoms with van der Waals surface area (Å²) in [4.78, 5) is 24.0. The van der Waals surface area contributed by atoms with Gasteiger partial charge in [-0.2, -0.15) is 4.31 Å². The number of hydrogen-bond donors (Lipinski definition) is 2. The Balaban J connectivity index is 1.88. The van der Waals surface area contributed by atoms with Crippen molar-refractivity contribution in [3.63, 3.8) is 0 Å². The van der Waals surface area contributed by atoms with Crippen LogP contribution in [0.25, 0.3) is 0 Å². The minimum absolute atomic E-state index is 0.0475. The second-order valence-electron chi connectivity index (χ2n) is 6.09. The maximum atomic E-state index is 12.7. The Kier molecular flexibility index (Phi) is 5.64. The van der Waals surface area contributed by atoms with Crippen LogP contribution in [-0.4, -0.2) is 42.8 Å². The Morgan fingerprint density at radius 2 is 1.78 bits per heavy atom. The summed E-state index contributed by atoms with van der Waals surface area (Å²) < 4.78 is 27.3. The van der Waals surface area contributed by atoms with Crippen LogP contribution in [0, 0.1) is 0 Å². The smallest absolute Gasteiger partial charge is 0.337 e. The number of halogens is 1. The number of amides is 1. The van der Waals surface area contributed by atoms with Gasteiger partial charge >= 0.3 is 5.97 Å². The number of rotatable bonds is 5. The predicted molar refractivity (Wildman–Crippen MR) is 103 cm³/mol. The highest BCUT2D eigenvalue weighted by Crippen LogP contribution is 2.24. The van der Waals surface area contributed by atoms with Crippen LogP contribution in [0.3, 0.4) is 0 Å². The molecule has 1 aliphatic rings. The second-order valence-corrected chi connectivity index (χ2v) is 8.94. The lowest BCUT2D eigenvalue weighted by molar-refractivity contribution is 0.0698. The lowest BCUT2D eigenvalue weighted by Gasteiger charge is -2.16. The molecule has 1 fully saturated rings. The van der Waals surface area contributed by atoms with Crippen molar-refractivity contribution in [3.05, 3.63) is 58.1 Å². The first kappa shape index (κ1) is 19.5. The number of benzene rings is 2. The molecule has 9 heteroatoms. The summed E-state index contributed by atoms with van der Waals surface area (Å²) in [5.74, 6) is -1.77. The van der Waals surface area contributed by atoms with Crippen molar-refractivity contribution in [1.29, 1.82) is 0 Å². The van der Waals surface area contributed by atoms with E-state index in [1.165, 1.54) is 40.7 Å². The number of nitrogens with zero attached hydrogens (tertiary/aromatic N) is 1. The second kappa shape index (κ2) is 7.79. The van der Waals surface area contributed by atoms with E-state index >= 15 is 0 Å².